The zero-order valence-corrected chi connectivity index (χ0v) is 18.0. The highest BCUT2D eigenvalue weighted by atomic mass is 16.3. The van der Waals surface area contributed by atoms with Gasteiger partial charge >= 0.3 is 6.03 Å². The van der Waals surface area contributed by atoms with E-state index < -0.39 is 0 Å². The van der Waals surface area contributed by atoms with Crippen LogP contribution in [0.2, 0.25) is 0 Å². The van der Waals surface area contributed by atoms with E-state index in [4.69, 9.17) is 0 Å². The second kappa shape index (κ2) is 9.26. The fourth-order valence-electron chi connectivity index (χ4n) is 4.28. The molecule has 0 bridgehead atoms. The van der Waals surface area contributed by atoms with Crippen molar-refractivity contribution in [2.75, 3.05) is 17.2 Å². The van der Waals surface area contributed by atoms with Crippen molar-refractivity contribution in [1.29, 1.82) is 0 Å². The van der Waals surface area contributed by atoms with Crippen LogP contribution in [0.3, 0.4) is 0 Å². The van der Waals surface area contributed by atoms with Crippen molar-refractivity contribution >= 4 is 28.6 Å². The summed E-state index contributed by atoms with van der Waals surface area (Å²) in [6, 6.07) is 23.3. The molecule has 2 amide bonds. The highest BCUT2D eigenvalue weighted by Crippen LogP contribution is 2.24. The number of carbonyl (C=O) groups excluding carboxylic acids is 1. The summed E-state index contributed by atoms with van der Waals surface area (Å²) >= 11 is 0. The van der Waals surface area contributed by atoms with Crippen molar-refractivity contribution in [3.8, 4) is 0 Å². The number of aliphatic hydroxyl groups is 1. The first kappa shape index (κ1) is 20.9. The lowest BCUT2D eigenvalue weighted by atomic mass is 10.1. The van der Waals surface area contributed by atoms with E-state index in [9.17, 15) is 9.90 Å². The molecule has 0 spiro atoms. The van der Waals surface area contributed by atoms with Crippen LogP contribution in [0.5, 0.6) is 0 Å². The average molecular weight is 440 g/mol. The van der Waals surface area contributed by atoms with Gasteiger partial charge in [-0.25, -0.2) is 14.8 Å². The third-order valence-corrected chi connectivity index (χ3v) is 5.92. The number of fused-ring (bicyclic) bond motifs is 2. The fourth-order valence-corrected chi connectivity index (χ4v) is 4.28. The Hall–Kier alpha value is -3.97. The lowest BCUT2D eigenvalue weighted by molar-refractivity contribution is 0.248. The molecular weight excluding hydrogens is 414 g/mol. The Morgan fingerprint density at radius 3 is 2.45 bits per heavy atom. The second-order valence-corrected chi connectivity index (χ2v) is 8.23. The van der Waals surface area contributed by atoms with Crippen molar-refractivity contribution in [3.05, 3.63) is 95.7 Å². The number of aromatic nitrogens is 2. The van der Waals surface area contributed by atoms with Crippen LogP contribution in [-0.4, -0.2) is 33.8 Å². The van der Waals surface area contributed by atoms with Crippen LogP contribution in [0.1, 0.15) is 22.7 Å². The van der Waals surface area contributed by atoms with Crippen LogP contribution in [0.4, 0.5) is 16.4 Å². The van der Waals surface area contributed by atoms with Gasteiger partial charge in [0.15, 0.2) is 0 Å². The molecule has 0 radical (unpaired) electrons. The van der Waals surface area contributed by atoms with Crippen molar-refractivity contribution in [1.82, 2.24) is 15.3 Å². The first-order valence-corrected chi connectivity index (χ1v) is 11.0. The van der Waals surface area contributed by atoms with E-state index in [0.29, 0.717) is 5.52 Å². The van der Waals surface area contributed by atoms with Crippen LogP contribution in [-0.2, 0) is 12.8 Å². The molecule has 0 fully saturated rings. The molecule has 0 saturated heterocycles. The van der Waals surface area contributed by atoms with Crippen LogP contribution in [0.15, 0.2) is 79.0 Å². The summed E-state index contributed by atoms with van der Waals surface area (Å²) in [5.41, 5.74) is 5.07. The summed E-state index contributed by atoms with van der Waals surface area (Å²) in [5.74, 6) is 0.245. The molecule has 1 aliphatic carbocycles. The molecule has 4 aromatic rings. The first-order valence-electron chi connectivity index (χ1n) is 11.0. The van der Waals surface area contributed by atoms with Crippen molar-refractivity contribution in [3.63, 3.8) is 0 Å². The number of urea groups is 1. The molecule has 7 nitrogen and oxygen atoms in total. The SMILES string of the molecule is O=C(Nc1ncc2ccc(NC(CO)c3ccccc3)cc2n1)NC1Cc2ccccc2C1. The third kappa shape index (κ3) is 4.78. The predicted molar refractivity (Wildman–Crippen MR) is 129 cm³/mol. The van der Waals surface area contributed by atoms with E-state index in [1.54, 1.807) is 6.20 Å². The molecule has 166 valence electrons. The minimum absolute atomic E-state index is 0.0379. The normalized spacial score (nSPS) is 14.0. The first-order chi connectivity index (χ1) is 16.2. The van der Waals surface area contributed by atoms with Crippen LogP contribution in [0.25, 0.3) is 10.9 Å². The van der Waals surface area contributed by atoms with Gasteiger partial charge in [-0.2, -0.15) is 0 Å². The van der Waals surface area contributed by atoms with E-state index in [1.807, 2.05) is 60.7 Å². The van der Waals surface area contributed by atoms with Crippen LogP contribution < -0.4 is 16.0 Å². The lowest BCUT2D eigenvalue weighted by Crippen LogP contribution is -2.38. The summed E-state index contributed by atoms with van der Waals surface area (Å²) < 4.78 is 0. The van der Waals surface area contributed by atoms with Gasteiger partial charge < -0.3 is 15.7 Å². The Labute approximate surface area is 191 Å². The number of anilines is 2. The van der Waals surface area contributed by atoms with E-state index >= 15 is 0 Å². The molecule has 7 heteroatoms. The highest BCUT2D eigenvalue weighted by Gasteiger charge is 2.22. The van der Waals surface area contributed by atoms with Gasteiger partial charge in [0.1, 0.15) is 0 Å². The molecule has 1 heterocycles. The zero-order chi connectivity index (χ0) is 22.6. The van der Waals surface area contributed by atoms with E-state index in [2.05, 4.69) is 38.1 Å². The van der Waals surface area contributed by atoms with E-state index in [0.717, 1.165) is 29.5 Å². The van der Waals surface area contributed by atoms with Gasteiger partial charge in [-0.3, -0.25) is 5.32 Å². The molecule has 0 aliphatic heterocycles. The molecule has 4 N–H and O–H groups in total. The maximum atomic E-state index is 12.5. The monoisotopic (exact) mass is 439 g/mol. The number of nitrogens with zero attached hydrogens (tertiary/aromatic N) is 2. The summed E-state index contributed by atoms with van der Waals surface area (Å²) in [4.78, 5) is 21.3. The number of hydrogen-bond donors (Lipinski definition) is 4. The molecular formula is C26H25N5O2. The molecule has 1 aliphatic rings. The zero-order valence-electron chi connectivity index (χ0n) is 18.0. The maximum Gasteiger partial charge on any atom is 0.321 e. The largest absolute Gasteiger partial charge is 0.394 e. The van der Waals surface area contributed by atoms with Gasteiger partial charge in [0, 0.05) is 23.3 Å². The quantitative estimate of drug-likeness (QED) is 0.363. The number of nitrogens with one attached hydrogen (secondary N) is 3. The minimum atomic E-state index is -0.314. The smallest absolute Gasteiger partial charge is 0.321 e. The standard InChI is InChI=1S/C26H25N5O2/c32-16-24(17-6-2-1-3-7-17)28-21-11-10-20-15-27-25(30-23(20)14-21)31-26(33)29-22-12-18-8-4-5-9-19(18)13-22/h1-11,14-15,22,24,28,32H,12-13,16H2,(H2,27,29,30,31,33). The number of hydrogen-bond acceptors (Lipinski definition) is 5. The summed E-state index contributed by atoms with van der Waals surface area (Å²) in [6.45, 7) is -0.0379. The van der Waals surface area contributed by atoms with Gasteiger partial charge in [0.25, 0.3) is 0 Å². The van der Waals surface area contributed by atoms with E-state index in [1.165, 1.54) is 11.1 Å². The van der Waals surface area contributed by atoms with Gasteiger partial charge in [-0.05, 0) is 47.7 Å². The lowest BCUT2D eigenvalue weighted by Gasteiger charge is -2.18. The van der Waals surface area contributed by atoms with Crippen LogP contribution >= 0.6 is 0 Å². The summed E-state index contributed by atoms with van der Waals surface area (Å²) in [7, 11) is 0. The Kier molecular flexibility index (Phi) is 5.87. The molecule has 1 aromatic heterocycles. The van der Waals surface area contributed by atoms with Crippen molar-refractivity contribution < 1.29 is 9.90 Å². The predicted octanol–water partition coefficient (Wildman–Crippen LogP) is 4.06. The molecule has 5 rings (SSSR count). The Bertz CT molecular complexity index is 1250. The van der Waals surface area contributed by atoms with Gasteiger partial charge in [0.2, 0.25) is 5.95 Å². The third-order valence-electron chi connectivity index (χ3n) is 5.92. The van der Waals surface area contributed by atoms with Crippen molar-refractivity contribution in [2.45, 2.75) is 24.9 Å². The Morgan fingerprint density at radius 1 is 1.00 bits per heavy atom. The van der Waals surface area contributed by atoms with Gasteiger partial charge in [-0.1, -0.05) is 54.6 Å². The molecule has 1 atom stereocenters. The van der Waals surface area contributed by atoms with Crippen molar-refractivity contribution in [2.24, 2.45) is 0 Å². The Morgan fingerprint density at radius 2 is 1.73 bits per heavy atom. The fraction of sp³-hybridized carbons (Fsp3) is 0.192. The number of carbonyl (C=O) groups is 1. The number of amides is 2. The minimum Gasteiger partial charge on any atom is -0.394 e. The molecule has 0 saturated carbocycles. The molecule has 1 unspecified atom stereocenters. The number of rotatable bonds is 6. The van der Waals surface area contributed by atoms with Gasteiger partial charge in [0.05, 0.1) is 18.2 Å². The Balaban J connectivity index is 1.26. The van der Waals surface area contributed by atoms with E-state index in [-0.39, 0.29) is 30.7 Å². The highest BCUT2D eigenvalue weighted by molar-refractivity contribution is 5.89. The number of aliphatic hydroxyl groups excluding tert-OH is 1. The van der Waals surface area contributed by atoms with Crippen LogP contribution in [0, 0.1) is 0 Å². The summed E-state index contributed by atoms with van der Waals surface area (Å²) in [6.07, 6.45) is 3.34. The topological polar surface area (TPSA) is 99.2 Å². The maximum absolute atomic E-state index is 12.5. The number of benzene rings is 3. The van der Waals surface area contributed by atoms with Gasteiger partial charge in [-0.15, -0.1) is 0 Å². The average Bonchev–Trinajstić information content (AvgIpc) is 3.25. The molecule has 33 heavy (non-hydrogen) atoms. The summed E-state index contributed by atoms with van der Waals surface area (Å²) in [5, 5.41) is 19.8. The second-order valence-electron chi connectivity index (χ2n) is 8.23. The molecule has 3 aromatic carbocycles.